The third-order valence-electron chi connectivity index (χ3n) is 8.59. The van der Waals surface area contributed by atoms with Crippen LogP contribution < -0.4 is 0 Å². The summed E-state index contributed by atoms with van der Waals surface area (Å²) in [5, 5.41) is 39.5. The Balaban J connectivity index is 1.09. The van der Waals surface area contributed by atoms with Crippen molar-refractivity contribution in [3.8, 4) is 11.5 Å². The molecule has 0 spiro atoms. The molecule has 324 valence electrons. The van der Waals surface area contributed by atoms with Gasteiger partial charge >= 0.3 is 0 Å². The first kappa shape index (κ1) is 46.3. The van der Waals surface area contributed by atoms with Crippen molar-refractivity contribution in [3.05, 3.63) is 107 Å². The highest BCUT2D eigenvalue weighted by molar-refractivity contribution is 5.53. The zero-order chi connectivity index (χ0) is 41.7. The highest BCUT2D eigenvalue weighted by Crippen LogP contribution is 2.32. The molecule has 60 heavy (non-hydrogen) atoms. The fraction of sp³-hybridized carbons (Fsp3) is 0.455. The second-order valence-corrected chi connectivity index (χ2v) is 13.2. The van der Waals surface area contributed by atoms with Crippen LogP contribution in [0.5, 0.6) is 11.5 Å². The van der Waals surface area contributed by atoms with E-state index in [2.05, 4.69) is 20.5 Å². The second kappa shape index (κ2) is 28.7. The zero-order valence-electron chi connectivity index (χ0n) is 34.0. The number of ether oxygens (including phenoxy) is 10. The number of phenolic OH excluding ortho intramolecular Hbond substituents is 2. The van der Waals surface area contributed by atoms with Gasteiger partial charge in [0.2, 0.25) is 0 Å². The first-order valence-corrected chi connectivity index (χ1v) is 20.1. The molecule has 4 aromatic carbocycles. The van der Waals surface area contributed by atoms with E-state index in [1.165, 1.54) is 0 Å². The van der Waals surface area contributed by atoms with Crippen molar-refractivity contribution in [2.24, 2.45) is 20.5 Å². The number of fused-ring (bicyclic) bond motifs is 4. The van der Waals surface area contributed by atoms with E-state index < -0.39 is 0 Å². The Labute approximate surface area is 351 Å². The minimum absolute atomic E-state index is 0.0774. The van der Waals surface area contributed by atoms with Gasteiger partial charge in [-0.3, -0.25) is 0 Å². The van der Waals surface area contributed by atoms with Crippen molar-refractivity contribution < 1.29 is 57.6 Å². The van der Waals surface area contributed by atoms with E-state index in [0.29, 0.717) is 151 Å². The molecule has 2 N–H and O–H groups in total. The van der Waals surface area contributed by atoms with Crippen LogP contribution in [0.4, 0.5) is 22.7 Å². The number of benzene rings is 4. The van der Waals surface area contributed by atoms with Crippen LogP contribution in [0.25, 0.3) is 0 Å². The Morgan fingerprint density at radius 2 is 0.500 bits per heavy atom. The van der Waals surface area contributed by atoms with Crippen LogP contribution in [0, 0.1) is 0 Å². The van der Waals surface area contributed by atoms with Gasteiger partial charge in [-0.1, -0.05) is 36.4 Å². The van der Waals surface area contributed by atoms with Gasteiger partial charge in [-0.15, -0.1) is 0 Å². The van der Waals surface area contributed by atoms with Crippen molar-refractivity contribution in [2.75, 3.05) is 106 Å². The number of phenols is 2. The van der Waals surface area contributed by atoms with Crippen molar-refractivity contribution >= 4 is 22.7 Å². The largest absolute Gasteiger partial charge is 0.507 e. The van der Waals surface area contributed by atoms with Gasteiger partial charge < -0.3 is 57.6 Å². The van der Waals surface area contributed by atoms with E-state index in [0.717, 1.165) is 0 Å². The van der Waals surface area contributed by atoms with Gasteiger partial charge in [-0.2, -0.15) is 20.5 Å². The minimum atomic E-state index is 0.0774. The molecule has 0 radical (unpaired) electrons. The molecule has 0 amide bonds. The van der Waals surface area contributed by atoms with E-state index >= 15 is 0 Å². The van der Waals surface area contributed by atoms with E-state index in [9.17, 15) is 10.2 Å². The van der Waals surface area contributed by atoms with Crippen molar-refractivity contribution in [1.29, 1.82) is 0 Å². The first-order chi connectivity index (χ1) is 29.7. The summed E-state index contributed by atoms with van der Waals surface area (Å²) in [7, 11) is 0. The van der Waals surface area contributed by atoms with Gasteiger partial charge in [-0.25, -0.2) is 0 Å². The standard InChI is InChI=1S/C44H56N4O12/c49-43-35-27-41(47-45-39-7-3-1-4-8-39)28-36(43)32-58-24-20-54-16-12-52-14-18-56-22-26-60-34-38-30-42(48-46-40-9-5-2-6-10-40)29-37(44(38)50)33-59-25-21-55-17-13-51-11-15-53-19-23-57-31-35/h1-10,27-30,49-50H,11-26,31-34H2. The molecular weight excluding hydrogens is 777 g/mol. The number of rotatable bonds is 4. The molecule has 0 unspecified atom stereocenters. The summed E-state index contributed by atoms with van der Waals surface area (Å²) in [6.45, 7) is 6.37. The summed E-state index contributed by atoms with van der Waals surface area (Å²) in [5.74, 6) is 0.155. The number of hydrogen-bond donors (Lipinski definition) is 2. The van der Waals surface area contributed by atoms with Crippen molar-refractivity contribution in [2.45, 2.75) is 26.4 Å². The van der Waals surface area contributed by atoms with E-state index in [-0.39, 0.29) is 37.9 Å². The summed E-state index contributed by atoms with van der Waals surface area (Å²) < 4.78 is 57.1. The molecule has 0 aliphatic carbocycles. The predicted octanol–water partition coefficient (Wildman–Crippen LogP) is 7.81. The third-order valence-corrected chi connectivity index (χ3v) is 8.59. The van der Waals surface area contributed by atoms with Crippen LogP contribution in [-0.2, 0) is 73.8 Å². The van der Waals surface area contributed by atoms with Gasteiger partial charge in [0.15, 0.2) is 0 Å². The summed E-state index contributed by atoms with van der Waals surface area (Å²) in [4.78, 5) is 0. The second-order valence-electron chi connectivity index (χ2n) is 13.2. The highest BCUT2D eigenvalue weighted by Gasteiger charge is 2.13. The average molecular weight is 833 g/mol. The average Bonchev–Trinajstić information content (AvgIpc) is 3.27. The van der Waals surface area contributed by atoms with Gasteiger partial charge in [0, 0.05) is 22.3 Å². The van der Waals surface area contributed by atoms with Crippen molar-refractivity contribution in [1.82, 2.24) is 0 Å². The minimum Gasteiger partial charge on any atom is -0.507 e. The van der Waals surface area contributed by atoms with Crippen LogP contribution in [0.15, 0.2) is 105 Å². The Morgan fingerprint density at radius 3 is 0.750 bits per heavy atom. The lowest BCUT2D eigenvalue weighted by Gasteiger charge is -2.13. The molecule has 0 saturated carbocycles. The fourth-order valence-corrected chi connectivity index (χ4v) is 5.54. The van der Waals surface area contributed by atoms with Gasteiger partial charge in [0.05, 0.1) is 155 Å². The molecule has 1 aliphatic heterocycles. The first-order valence-electron chi connectivity index (χ1n) is 20.1. The van der Waals surface area contributed by atoms with E-state index in [1.807, 2.05) is 60.7 Å². The quantitative estimate of drug-likeness (QED) is 0.191. The number of hydrogen-bond acceptors (Lipinski definition) is 16. The molecule has 5 rings (SSSR count). The van der Waals surface area contributed by atoms with Crippen LogP contribution in [0.1, 0.15) is 22.3 Å². The monoisotopic (exact) mass is 832 g/mol. The molecule has 16 nitrogen and oxygen atoms in total. The van der Waals surface area contributed by atoms with Gasteiger partial charge in [0.25, 0.3) is 0 Å². The Kier molecular flexibility index (Phi) is 22.2. The maximum atomic E-state index is 11.0. The maximum Gasteiger partial charge on any atom is 0.126 e. The fourth-order valence-electron chi connectivity index (χ4n) is 5.54. The lowest BCUT2D eigenvalue weighted by Crippen LogP contribution is -2.13. The lowest BCUT2D eigenvalue weighted by atomic mass is 10.1. The number of nitrogens with zero attached hydrogens (tertiary/aromatic N) is 4. The molecule has 0 atom stereocenters. The number of azo groups is 2. The molecule has 0 saturated heterocycles. The summed E-state index contributed by atoms with van der Waals surface area (Å²) in [6, 6.07) is 25.8. The topological polar surface area (TPSA) is 182 Å². The zero-order valence-corrected chi connectivity index (χ0v) is 34.0. The predicted molar refractivity (Wildman–Crippen MR) is 221 cm³/mol. The SMILES string of the molecule is Oc1c2cc(N=Nc3ccccc3)cc1COCCOCCOCCOCCOCc1cc(N=Nc3ccccc3)cc(c1O)COCCOCCOCCOCCOC2. The third kappa shape index (κ3) is 18.3. The summed E-state index contributed by atoms with van der Waals surface area (Å²) in [6.07, 6.45) is 0. The van der Waals surface area contributed by atoms with Gasteiger partial charge in [-0.05, 0) is 48.5 Å². The van der Waals surface area contributed by atoms with Crippen LogP contribution in [-0.4, -0.2) is 116 Å². The van der Waals surface area contributed by atoms with E-state index in [1.54, 1.807) is 24.3 Å². The molecule has 1 aliphatic rings. The van der Waals surface area contributed by atoms with E-state index in [4.69, 9.17) is 47.4 Å². The maximum absolute atomic E-state index is 11.0. The summed E-state index contributed by atoms with van der Waals surface area (Å²) >= 11 is 0. The molecule has 4 aromatic rings. The lowest BCUT2D eigenvalue weighted by molar-refractivity contribution is -0.0147. The Morgan fingerprint density at radius 1 is 0.283 bits per heavy atom. The molecule has 1 heterocycles. The molecule has 0 fully saturated rings. The molecular formula is C44H56N4O12. The summed E-state index contributed by atoms with van der Waals surface area (Å²) in [5.41, 5.74) is 4.78. The van der Waals surface area contributed by atoms with Crippen LogP contribution in [0.2, 0.25) is 0 Å². The van der Waals surface area contributed by atoms with Gasteiger partial charge in [0.1, 0.15) is 11.5 Å². The Hall–Kier alpha value is -4.72. The molecule has 16 heteroatoms. The highest BCUT2D eigenvalue weighted by atomic mass is 16.6. The molecule has 0 aromatic heterocycles. The number of aromatic hydroxyl groups is 2. The Bertz CT molecular complexity index is 1630. The normalized spacial score (nSPS) is 18.0. The van der Waals surface area contributed by atoms with Crippen LogP contribution in [0.3, 0.4) is 0 Å². The smallest absolute Gasteiger partial charge is 0.126 e. The van der Waals surface area contributed by atoms with Crippen LogP contribution >= 0.6 is 0 Å². The van der Waals surface area contributed by atoms with Crippen molar-refractivity contribution in [3.63, 3.8) is 0 Å². The molecule has 4 bridgehead atoms.